The first-order valence-electron chi connectivity index (χ1n) is 6.51. The van der Waals surface area contributed by atoms with E-state index in [0.29, 0.717) is 37.0 Å². The summed E-state index contributed by atoms with van der Waals surface area (Å²) in [5.74, 6) is 0.658. The largest absolute Gasteiger partial charge is 0.396 e. The summed E-state index contributed by atoms with van der Waals surface area (Å²) in [7, 11) is 0. The SMILES string of the molecule is CC(C)c1ncc(N)c(C(=O)N2CCOCC2C)n1. The van der Waals surface area contributed by atoms with Crippen LogP contribution < -0.4 is 5.73 Å². The first-order valence-corrected chi connectivity index (χ1v) is 6.51. The van der Waals surface area contributed by atoms with Gasteiger partial charge in [-0.1, -0.05) is 13.8 Å². The summed E-state index contributed by atoms with van der Waals surface area (Å²) in [5.41, 5.74) is 6.46. The minimum absolute atomic E-state index is 0.0399. The van der Waals surface area contributed by atoms with E-state index in [9.17, 15) is 4.79 Å². The summed E-state index contributed by atoms with van der Waals surface area (Å²) in [5, 5.41) is 0. The Kier molecular flexibility index (Phi) is 3.99. The molecule has 2 heterocycles. The van der Waals surface area contributed by atoms with Crippen molar-refractivity contribution < 1.29 is 9.53 Å². The quantitative estimate of drug-likeness (QED) is 0.863. The van der Waals surface area contributed by atoms with Gasteiger partial charge in [0.05, 0.1) is 31.1 Å². The Labute approximate surface area is 113 Å². The molecule has 0 bridgehead atoms. The van der Waals surface area contributed by atoms with Crippen molar-refractivity contribution in [1.29, 1.82) is 0 Å². The second kappa shape index (κ2) is 5.52. The fourth-order valence-corrected chi connectivity index (χ4v) is 2.02. The van der Waals surface area contributed by atoms with Crippen LogP contribution in [-0.4, -0.2) is 46.6 Å². The second-order valence-corrected chi connectivity index (χ2v) is 5.11. The third kappa shape index (κ3) is 2.84. The van der Waals surface area contributed by atoms with E-state index in [1.807, 2.05) is 20.8 Å². The van der Waals surface area contributed by atoms with Crippen LogP contribution in [0.25, 0.3) is 0 Å². The van der Waals surface area contributed by atoms with Crippen LogP contribution in [0.5, 0.6) is 0 Å². The highest BCUT2D eigenvalue weighted by atomic mass is 16.5. The van der Waals surface area contributed by atoms with E-state index in [1.165, 1.54) is 6.20 Å². The molecule has 1 saturated heterocycles. The second-order valence-electron chi connectivity index (χ2n) is 5.11. The van der Waals surface area contributed by atoms with Crippen LogP contribution in [0.15, 0.2) is 6.20 Å². The molecule has 104 valence electrons. The van der Waals surface area contributed by atoms with Gasteiger partial charge in [0.25, 0.3) is 5.91 Å². The number of nitrogens with two attached hydrogens (primary N) is 1. The molecule has 6 heteroatoms. The highest BCUT2D eigenvalue weighted by Crippen LogP contribution is 2.17. The van der Waals surface area contributed by atoms with Crippen molar-refractivity contribution in [3.63, 3.8) is 0 Å². The number of ether oxygens (including phenoxy) is 1. The van der Waals surface area contributed by atoms with Crippen LogP contribution in [0, 0.1) is 0 Å². The fraction of sp³-hybridized carbons (Fsp3) is 0.615. The van der Waals surface area contributed by atoms with Crippen LogP contribution in [0.4, 0.5) is 5.69 Å². The summed E-state index contributed by atoms with van der Waals surface area (Å²) < 4.78 is 5.33. The molecule has 1 aromatic rings. The van der Waals surface area contributed by atoms with Crippen molar-refractivity contribution in [2.45, 2.75) is 32.7 Å². The zero-order valence-electron chi connectivity index (χ0n) is 11.6. The molecule has 1 fully saturated rings. The van der Waals surface area contributed by atoms with Crippen molar-refractivity contribution in [2.24, 2.45) is 0 Å². The van der Waals surface area contributed by atoms with Gasteiger partial charge in [0.1, 0.15) is 5.82 Å². The molecule has 19 heavy (non-hydrogen) atoms. The molecule has 1 unspecified atom stereocenters. The van der Waals surface area contributed by atoms with E-state index in [1.54, 1.807) is 4.90 Å². The average Bonchev–Trinajstić information content (AvgIpc) is 2.38. The third-order valence-corrected chi connectivity index (χ3v) is 3.18. The van der Waals surface area contributed by atoms with Crippen LogP contribution in [0.1, 0.15) is 43.0 Å². The summed E-state index contributed by atoms with van der Waals surface area (Å²) in [4.78, 5) is 22.7. The van der Waals surface area contributed by atoms with E-state index in [-0.39, 0.29) is 17.9 Å². The minimum atomic E-state index is -0.141. The lowest BCUT2D eigenvalue weighted by Gasteiger charge is -2.33. The number of morpholine rings is 1. The number of hydrogen-bond donors (Lipinski definition) is 1. The van der Waals surface area contributed by atoms with Crippen molar-refractivity contribution >= 4 is 11.6 Å². The standard InChI is InChI=1S/C13H20N4O2/c1-8(2)12-15-6-10(14)11(16-12)13(18)17-4-5-19-7-9(17)3/h6,8-9H,4-5,7,14H2,1-3H3. The number of carbonyl (C=O) groups is 1. The maximum Gasteiger partial charge on any atom is 0.275 e. The zero-order chi connectivity index (χ0) is 14.0. The number of anilines is 1. The molecule has 0 radical (unpaired) electrons. The summed E-state index contributed by atoms with van der Waals surface area (Å²) >= 11 is 0. The van der Waals surface area contributed by atoms with E-state index >= 15 is 0 Å². The lowest BCUT2D eigenvalue weighted by atomic mass is 10.2. The normalized spacial score (nSPS) is 19.8. The molecule has 1 amide bonds. The van der Waals surface area contributed by atoms with Crippen LogP contribution in [-0.2, 0) is 4.74 Å². The molecule has 1 aliphatic rings. The minimum Gasteiger partial charge on any atom is -0.396 e. The molecule has 1 atom stereocenters. The van der Waals surface area contributed by atoms with Gasteiger partial charge < -0.3 is 15.4 Å². The van der Waals surface area contributed by atoms with Gasteiger partial charge in [0, 0.05) is 12.5 Å². The van der Waals surface area contributed by atoms with Crippen LogP contribution >= 0.6 is 0 Å². The van der Waals surface area contributed by atoms with Gasteiger partial charge in [-0.25, -0.2) is 9.97 Å². The molecule has 6 nitrogen and oxygen atoms in total. The summed E-state index contributed by atoms with van der Waals surface area (Å²) in [6.07, 6.45) is 1.51. The highest BCUT2D eigenvalue weighted by molar-refractivity contribution is 5.97. The maximum absolute atomic E-state index is 12.5. The molecule has 0 saturated carbocycles. The van der Waals surface area contributed by atoms with Gasteiger partial charge in [-0.15, -0.1) is 0 Å². The summed E-state index contributed by atoms with van der Waals surface area (Å²) in [6.45, 7) is 7.60. The zero-order valence-corrected chi connectivity index (χ0v) is 11.6. The van der Waals surface area contributed by atoms with Crippen molar-refractivity contribution in [3.8, 4) is 0 Å². The molecule has 2 N–H and O–H groups in total. The monoisotopic (exact) mass is 264 g/mol. The van der Waals surface area contributed by atoms with E-state index < -0.39 is 0 Å². The number of carbonyl (C=O) groups excluding carboxylic acids is 1. The van der Waals surface area contributed by atoms with Gasteiger partial charge in [-0.2, -0.15) is 0 Å². The number of nitrogens with zero attached hydrogens (tertiary/aromatic N) is 3. The number of nitrogen functional groups attached to an aromatic ring is 1. The van der Waals surface area contributed by atoms with Crippen molar-refractivity contribution in [3.05, 3.63) is 17.7 Å². The smallest absolute Gasteiger partial charge is 0.275 e. The van der Waals surface area contributed by atoms with Gasteiger partial charge in [-0.3, -0.25) is 4.79 Å². The fourth-order valence-electron chi connectivity index (χ4n) is 2.02. The molecule has 0 aliphatic carbocycles. The third-order valence-electron chi connectivity index (χ3n) is 3.18. The van der Waals surface area contributed by atoms with Gasteiger partial charge in [0.15, 0.2) is 5.69 Å². The Bertz CT molecular complexity index is 476. The molecule has 0 aromatic carbocycles. The Morgan fingerprint density at radius 2 is 2.32 bits per heavy atom. The number of aromatic nitrogens is 2. The first kappa shape index (κ1) is 13.7. The first-order chi connectivity index (χ1) is 9.00. The number of hydrogen-bond acceptors (Lipinski definition) is 5. The predicted molar refractivity (Wildman–Crippen MR) is 71.9 cm³/mol. The molecular weight excluding hydrogens is 244 g/mol. The lowest BCUT2D eigenvalue weighted by molar-refractivity contribution is 0.00331. The van der Waals surface area contributed by atoms with Gasteiger partial charge in [0.2, 0.25) is 0 Å². The molecule has 2 rings (SSSR count). The molecule has 1 aromatic heterocycles. The topological polar surface area (TPSA) is 81.3 Å². The van der Waals surface area contributed by atoms with Crippen molar-refractivity contribution in [1.82, 2.24) is 14.9 Å². The molecule has 0 spiro atoms. The Morgan fingerprint density at radius 1 is 1.58 bits per heavy atom. The van der Waals surface area contributed by atoms with E-state index in [4.69, 9.17) is 10.5 Å². The average molecular weight is 264 g/mol. The Morgan fingerprint density at radius 3 is 2.95 bits per heavy atom. The predicted octanol–water partition coefficient (Wildman–Crippen LogP) is 1.04. The van der Waals surface area contributed by atoms with Crippen LogP contribution in [0.3, 0.4) is 0 Å². The molecular formula is C13H20N4O2. The highest BCUT2D eigenvalue weighted by Gasteiger charge is 2.27. The Balaban J connectivity index is 2.29. The van der Waals surface area contributed by atoms with Crippen molar-refractivity contribution in [2.75, 3.05) is 25.5 Å². The van der Waals surface area contributed by atoms with Gasteiger partial charge in [-0.05, 0) is 6.92 Å². The maximum atomic E-state index is 12.5. The molecule has 1 aliphatic heterocycles. The Hall–Kier alpha value is -1.69. The van der Waals surface area contributed by atoms with E-state index in [0.717, 1.165) is 0 Å². The number of rotatable bonds is 2. The van der Waals surface area contributed by atoms with Gasteiger partial charge >= 0.3 is 0 Å². The van der Waals surface area contributed by atoms with E-state index in [2.05, 4.69) is 9.97 Å². The lowest BCUT2D eigenvalue weighted by Crippen LogP contribution is -2.47. The number of amides is 1. The summed E-state index contributed by atoms with van der Waals surface area (Å²) in [6, 6.07) is 0.0399. The van der Waals surface area contributed by atoms with Crippen LogP contribution in [0.2, 0.25) is 0 Å².